The molecule has 3 aromatic rings. The largest absolute Gasteiger partial charge is 0.479 e. The van der Waals surface area contributed by atoms with Crippen LogP contribution in [-0.4, -0.2) is 22.9 Å². The number of carbonyl (C=O) groups is 2. The number of fused-ring (bicyclic) bond motifs is 2. The maximum atomic E-state index is 12.5. The van der Waals surface area contributed by atoms with Crippen molar-refractivity contribution < 1.29 is 14.3 Å². The second-order valence-corrected chi connectivity index (χ2v) is 6.01. The van der Waals surface area contributed by atoms with E-state index in [0.717, 1.165) is 5.39 Å². The van der Waals surface area contributed by atoms with Crippen LogP contribution in [0.25, 0.3) is 10.9 Å². The number of aromatic amines is 1. The van der Waals surface area contributed by atoms with Crippen molar-refractivity contribution in [2.75, 3.05) is 10.6 Å². The Morgan fingerprint density at radius 1 is 1.12 bits per heavy atom. The lowest BCUT2D eigenvalue weighted by Gasteiger charge is -2.23. The van der Waals surface area contributed by atoms with Gasteiger partial charge < -0.3 is 20.4 Å². The number of rotatable bonds is 2. The summed E-state index contributed by atoms with van der Waals surface area (Å²) in [7, 11) is 0. The van der Waals surface area contributed by atoms with Crippen LogP contribution in [0.1, 0.15) is 17.3 Å². The van der Waals surface area contributed by atoms with Gasteiger partial charge in [0.15, 0.2) is 6.10 Å². The summed E-state index contributed by atoms with van der Waals surface area (Å²) < 4.78 is 5.48. The topological polar surface area (TPSA) is 100 Å². The van der Waals surface area contributed by atoms with Gasteiger partial charge in [0.05, 0.1) is 5.69 Å². The van der Waals surface area contributed by atoms with Crippen molar-refractivity contribution >= 4 is 34.1 Å². The molecule has 0 spiro atoms. The Bertz CT molecular complexity index is 1100. The third-order valence-electron chi connectivity index (χ3n) is 4.17. The van der Waals surface area contributed by atoms with Crippen LogP contribution in [0.5, 0.6) is 5.75 Å². The molecule has 2 aromatic carbocycles. The van der Waals surface area contributed by atoms with Crippen molar-refractivity contribution in [2.24, 2.45) is 0 Å². The molecular formula is C19H15N3O4. The maximum absolute atomic E-state index is 12.5. The minimum Gasteiger partial charge on any atom is -0.479 e. The normalized spacial score (nSPS) is 15.7. The fourth-order valence-corrected chi connectivity index (χ4v) is 2.80. The second kappa shape index (κ2) is 6.03. The van der Waals surface area contributed by atoms with E-state index in [9.17, 15) is 14.4 Å². The van der Waals surface area contributed by atoms with E-state index < -0.39 is 17.6 Å². The first-order valence-corrected chi connectivity index (χ1v) is 8.06. The maximum Gasteiger partial charge on any atom is 0.265 e. The number of anilines is 2. The highest BCUT2D eigenvalue weighted by Gasteiger charge is 2.23. The van der Waals surface area contributed by atoms with Crippen LogP contribution in [0.4, 0.5) is 11.4 Å². The number of amides is 2. The first-order chi connectivity index (χ1) is 12.5. The molecule has 0 radical (unpaired) electrons. The third kappa shape index (κ3) is 2.79. The molecular weight excluding hydrogens is 334 g/mol. The molecule has 1 atom stereocenters. The van der Waals surface area contributed by atoms with Gasteiger partial charge in [0.25, 0.3) is 17.4 Å². The molecule has 7 heteroatoms. The van der Waals surface area contributed by atoms with Gasteiger partial charge in [-0.3, -0.25) is 14.4 Å². The molecule has 1 aliphatic rings. The molecule has 7 nitrogen and oxygen atoms in total. The van der Waals surface area contributed by atoms with Gasteiger partial charge in [-0.1, -0.05) is 18.2 Å². The summed E-state index contributed by atoms with van der Waals surface area (Å²) in [4.78, 5) is 39.1. The summed E-state index contributed by atoms with van der Waals surface area (Å²) in [6, 6.07) is 13.7. The Hall–Kier alpha value is -3.61. The monoisotopic (exact) mass is 349 g/mol. The van der Waals surface area contributed by atoms with E-state index in [4.69, 9.17) is 4.74 Å². The average Bonchev–Trinajstić information content (AvgIpc) is 2.62. The van der Waals surface area contributed by atoms with E-state index in [-0.39, 0.29) is 11.5 Å². The number of para-hydroxylation sites is 1. The second-order valence-electron chi connectivity index (χ2n) is 6.01. The summed E-state index contributed by atoms with van der Waals surface area (Å²) in [5.41, 5.74) is 1.12. The van der Waals surface area contributed by atoms with Crippen molar-refractivity contribution in [3.05, 3.63) is 64.4 Å². The Labute approximate surface area is 148 Å². The number of hydrogen-bond donors (Lipinski definition) is 3. The van der Waals surface area contributed by atoms with Gasteiger partial charge in [-0.2, -0.15) is 0 Å². The van der Waals surface area contributed by atoms with Crippen LogP contribution >= 0.6 is 0 Å². The smallest absolute Gasteiger partial charge is 0.265 e. The van der Waals surface area contributed by atoms with E-state index in [1.807, 2.05) is 18.2 Å². The molecule has 2 heterocycles. The van der Waals surface area contributed by atoms with E-state index >= 15 is 0 Å². The van der Waals surface area contributed by atoms with Gasteiger partial charge >= 0.3 is 0 Å². The summed E-state index contributed by atoms with van der Waals surface area (Å²) in [5.74, 6) is -0.265. The van der Waals surface area contributed by atoms with Crippen molar-refractivity contribution in [1.29, 1.82) is 0 Å². The Kier molecular flexibility index (Phi) is 3.69. The van der Waals surface area contributed by atoms with Crippen molar-refractivity contribution in [1.82, 2.24) is 4.98 Å². The molecule has 130 valence electrons. The van der Waals surface area contributed by atoms with Gasteiger partial charge in [0, 0.05) is 11.2 Å². The number of ether oxygens (including phenoxy) is 1. The lowest BCUT2D eigenvalue weighted by Crippen LogP contribution is -2.34. The van der Waals surface area contributed by atoms with Gasteiger partial charge in [-0.15, -0.1) is 0 Å². The predicted molar refractivity (Wildman–Crippen MR) is 97.7 cm³/mol. The van der Waals surface area contributed by atoms with Gasteiger partial charge in [-0.05, 0) is 42.6 Å². The average molecular weight is 349 g/mol. The summed E-state index contributed by atoms with van der Waals surface area (Å²) in [6.07, 6.45) is -0.570. The molecule has 3 N–H and O–H groups in total. The summed E-state index contributed by atoms with van der Waals surface area (Å²) in [5, 5.41) is 6.15. The lowest BCUT2D eigenvalue weighted by atomic mass is 10.1. The van der Waals surface area contributed by atoms with Crippen molar-refractivity contribution in [3.8, 4) is 5.75 Å². The number of carbonyl (C=O) groups excluding carboxylic acids is 2. The first kappa shape index (κ1) is 15.9. The van der Waals surface area contributed by atoms with E-state index in [0.29, 0.717) is 22.6 Å². The summed E-state index contributed by atoms with van der Waals surface area (Å²) >= 11 is 0. The molecule has 0 saturated heterocycles. The minimum absolute atomic E-state index is 0.00956. The standard InChI is InChI=1S/C19H15N3O4/c1-10-17(23)22-15-9-12(6-7-16(15)26-10)20-18(24)13-8-11-4-2-3-5-14(11)21-19(13)25/h2-10H,1H3,(H,20,24)(H,21,25)(H,22,23). The number of aromatic nitrogens is 1. The molecule has 1 aliphatic heterocycles. The number of hydrogen-bond acceptors (Lipinski definition) is 4. The van der Waals surface area contributed by atoms with Crippen LogP contribution in [0, 0.1) is 0 Å². The third-order valence-corrected chi connectivity index (χ3v) is 4.17. The Morgan fingerprint density at radius 3 is 2.77 bits per heavy atom. The quantitative estimate of drug-likeness (QED) is 0.662. The summed E-state index contributed by atoms with van der Waals surface area (Å²) in [6.45, 7) is 1.65. The molecule has 1 unspecified atom stereocenters. The molecule has 4 rings (SSSR count). The van der Waals surface area contributed by atoms with Gasteiger partial charge in [0.2, 0.25) is 0 Å². The van der Waals surface area contributed by atoms with Crippen molar-refractivity contribution in [3.63, 3.8) is 0 Å². The Morgan fingerprint density at radius 2 is 1.92 bits per heavy atom. The highest BCUT2D eigenvalue weighted by molar-refractivity contribution is 6.06. The lowest BCUT2D eigenvalue weighted by molar-refractivity contribution is -0.122. The zero-order valence-corrected chi connectivity index (χ0v) is 13.8. The number of nitrogens with one attached hydrogen (secondary N) is 3. The van der Waals surface area contributed by atoms with Crippen molar-refractivity contribution in [2.45, 2.75) is 13.0 Å². The van der Waals surface area contributed by atoms with Gasteiger partial charge in [-0.25, -0.2) is 0 Å². The molecule has 0 aliphatic carbocycles. The predicted octanol–water partition coefficient (Wildman–Crippen LogP) is 2.50. The minimum atomic E-state index is -0.570. The van der Waals surface area contributed by atoms with Crippen LogP contribution in [-0.2, 0) is 4.79 Å². The molecule has 1 aromatic heterocycles. The first-order valence-electron chi connectivity index (χ1n) is 8.06. The molecule has 0 fully saturated rings. The zero-order chi connectivity index (χ0) is 18.3. The van der Waals surface area contributed by atoms with Crippen LogP contribution in [0.15, 0.2) is 53.3 Å². The molecule has 26 heavy (non-hydrogen) atoms. The molecule has 0 bridgehead atoms. The Balaban J connectivity index is 1.63. The molecule has 0 saturated carbocycles. The highest BCUT2D eigenvalue weighted by Crippen LogP contribution is 2.32. The number of H-pyrrole nitrogens is 1. The fourth-order valence-electron chi connectivity index (χ4n) is 2.80. The number of pyridine rings is 1. The highest BCUT2D eigenvalue weighted by atomic mass is 16.5. The van der Waals surface area contributed by atoms with Crippen LogP contribution < -0.4 is 20.9 Å². The fraction of sp³-hybridized carbons (Fsp3) is 0.105. The SMILES string of the molecule is CC1Oc2ccc(NC(=O)c3cc4ccccc4[nH]c3=O)cc2NC1=O. The zero-order valence-electron chi connectivity index (χ0n) is 13.8. The van der Waals surface area contributed by atoms with Gasteiger partial charge in [0.1, 0.15) is 11.3 Å². The van der Waals surface area contributed by atoms with Crippen LogP contribution in [0.2, 0.25) is 0 Å². The van der Waals surface area contributed by atoms with Crippen LogP contribution in [0.3, 0.4) is 0 Å². The molecule has 2 amide bonds. The van der Waals surface area contributed by atoms with E-state index in [2.05, 4.69) is 15.6 Å². The van der Waals surface area contributed by atoms with E-state index in [1.54, 1.807) is 37.3 Å². The van der Waals surface area contributed by atoms with E-state index in [1.165, 1.54) is 0 Å². The number of benzene rings is 2.